The molecule has 0 bridgehead atoms. The Hall–Kier alpha value is -0.990. The summed E-state index contributed by atoms with van der Waals surface area (Å²) in [4.78, 5) is 33.7. The minimum absolute atomic E-state index is 0.0560. The zero-order valence-electron chi connectivity index (χ0n) is 19.9. The van der Waals surface area contributed by atoms with E-state index in [4.69, 9.17) is 19.7 Å². The molecule has 190 valence electrons. The molecule has 3 N–H and O–H groups in total. The lowest BCUT2D eigenvalue weighted by Gasteiger charge is -2.19. The maximum absolute atomic E-state index is 12.2. The average molecular weight is 482 g/mol. The van der Waals surface area contributed by atoms with Gasteiger partial charge in [0, 0.05) is 19.4 Å². The molecule has 9 nitrogen and oxygen atoms in total. The standard InChI is InChI=1S/C22H44NO8P/c1-3-5-7-9-10-11-13-15-22(25)31-20(19-30-32(26,27)29-17-16-23)18-28-21(24)14-12-8-6-4-2/h20H,3-19,23H2,1-2H3,(H,26,27). The van der Waals surface area contributed by atoms with E-state index in [-0.39, 0.29) is 32.6 Å². The van der Waals surface area contributed by atoms with E-state index in [2.05, 4.69) is 18.4 Å². The topological polar surface area (TPSA) is 134 Å². The second-order valence-electron chi connectivity index (χ2n) is 7.86. The first-order chi connectivity index (χ1) is 15.3. The van der Waals surface area contributed by atoms with Crippen molar-refractivity contribution < 1.29 is 37.6 Å². The lowest BCUT2D eigenvalue weighted by atomic mass is 10.1. The van der Waals surface area contributed by atoms with Crippen molar-refractivity contribution in [1.29, 1.82) is 0 Å². The van der Waals surface area contributed by atoms with Gasteiger partial charge in [0.15, 0.2) is 6.10 Å². The maximum atomic E-state index is 12.2. The van der Waals surface area contributed by atoms with E-state index in [1.165, 1.54) is 19.3 Å². The number of rotatable bonds is 22. The monoisotopic (exact) mass is 481 g/mol. The van der Waals surface area contributed by atoms with Crippen molar-refractivity contribution in [2.75, 3.05) is 26.4 Å². The molecule has 0 rings (SSSR count). The smallest absolute Gasteiger partial charge is 0.462 e. The molecule has 0 radical (unpaired) electrons. The number of hydrogen-bond donors (Lipinski definition) is 2. The number of hydrogen-bond acceptors (Lipinski definition) is 8. The van der Waals surface area contributed by atoms with Gasteiger partial charge in [0.2, 0.25) is 0 Å². The summed E-state index contributed by atoms with van der Waals surface area (Å²) in [5, 5.41) is 0. The molecule has 0 spiro atoms. The van der Waals surface area contributed by atoms with Crippen molar-refractivity contribution >= 4 is 19.8 Å². The van der Waals surface area contributed by atoms with Crippen molar-refractivity contribution in [1.82, 2.24) is 0 Å². The van der Waals surface area contributed by atoms with Crippen molar-refractivity contribution in [3.8, 4) is 0 Å². The first-order valence-electron chi connectivity index (χ1n) is 12.0. The average Bonchev–Trinajstić information content (AvgIpc) is 2.76. The van der Waals surface area contributed by atoms with Gasteiger partial charge in [-0.15, -0.1) is 0 Å². The number of carbonyl (C=O) groups is 2. The summed E-state index contributed by atoms with van der Waals surface area (Å²) in [5.74, 6) is -0.859. The number of phosphoric ester groups is 1. The number of ether oxygens (including phenoxy) is 2. The zero-order valence-corrected chi connectivity index (χ0v) is 20.8. The highest BCUT2D eigenvalue weighted by atomic mass is 31.2. The van der Waals surface area contributed by atoms with E-state index in [1.807, 2.05) is 0 Å². The summed E-state index contributed by atoms with van der Waals surface area (Å²) < 4.78 is 31.9. The van der Waals surface area contributed by atoms with Crippen LogP contribution < -0.4 is 5.73 Å². The Labute approximate surface area is 193 Å². The number of esters is 2. The fourth-order valence-corrected chi connectivity index (χ4v) is 3.69. The third-order valence-electron chi connectivity index (χ3n) is 4.74. The molecule has 0 fully saturated rings. The summed E-state index contributed by atoms with van der Waals surface area (Å²) in [6.07, 6.45) is 10.8. The van der Waals surface area contributed by atoms with Gasteiger partial charge in [0.25, 0.3) is 0 Å². The van der Waals surface area contributed by atoms with Crippen LogP contribution in [0.3, 0.4) is 0 Å². The Balaban J connectivity index is 4.46. The third-order valence-corrected chi connectivity index (χ3v) is 5.73. The van der Waals surface area contributed by atoms with E-state index in [0.717, 1.165) is 44.9 Å². The number of carbonyl (C=O) groups excluding carboxylic acids is 2. The molecule has 0 saturated heterocycles. The molecule has 0 aromatic heterocycles. The number of unbranched alkanes of at least 4 members (excludes halogenated alkanes) is 9. The molecule has 0 aromatic carbocycles. The predicted molar refractivity (Wildman–Crippen MR) is 123 cm³/mol. The molecule has 0 saturated carbocycles. The van der Waals surface area contributed by atoms with Crippen molar-refractivity contribution in [2.24, 2.45) is 5.73 Å². The SMILES string of the molecule is CCCCCCCCCC(=O)OC(COC(=O)CCCCCC)COP(=O)(O)OCCN. The highest BCUT2D eigenvalue weighted by molar-refractivity contribution is 7.47. The zero-order chi connectivity index (χ0) is 24.1. The Morgan fingerprint density at radius 2 is 1.34 bits per heavy atom. The minimum Gasteiger partial charge on any atom is -0.462 e. The van der Waals surface area contributed by atoms with E-state index in [0.29, 0.717) is 6.42 Å². The Morgan fingerprint density at radius 1 is 0.812 bits per heavy atom. The van der Waals surface area contributed by atoms with Crippen molar-refractivity contribution in [3.05, 3.63) is 0 Å². The summed E-state index contributed by atoms with van der Waals surface area (Å²) in [7, 11) is -4.33. The highest BCUT2D eigenvalue weighted by Crippen LogP contribution is 2.43. The summed E-state index contributed by atoms with van der Waals surface area (Å²) >= 11 is 0. The molecule has 0 amide bonds. The molecule has 2 atom stereocenters. The summed E-state index contributed by atoms with van der Waals surface area (Å²) in [5.41, 5.74) is 5.25. The Bertz CT molecular complexity index is 532. The lowest BCUT2D eigenvalue weighted by Crippen LogP contribution is -2.29. The van der Waals surface area contributed by atoms with Crippen LogP contribution in [0.2, 0.25) is 0 Å². The molecule has 0 aliphatic heterocycles. The summed E-state index contributed by atoms with van der Waals surface area (Å²) in [6.45, 7) is 3.49. The van der Waals surface area contributed by atoms with Gasteiger partial charge in [-0.2, -0.15) is 0 Å². The molecule has 0 heterocycles. The molecule has 0 aliphatic carbocycles. The molecule has 2 unspecified atom stereocenters. The number of phosphoric acid groups is 1. The van der Waals surface area contributed by atoms with E-state index < -0.39 is 32.5 Å². The van der Waals surface area contributed by atoms with Crippen molar-refractivity contribution in [2.45, 2.75) is 103 Å². The van der Waals surface area contributed by atoms with Crippen LogP contribution >= 0.6 is 7.82 Å². The van der Waals surface area contributed by atoms with Crippen LogP contribution in [0.25, 0.3) is 0 Å². The van der Waals surface area contributed by atoms with Gasteiger partial charge >= 0.3 is 19.8 Å². The second-order valence-corrected chi connectivity index (χ2v) is 9.32. The highest BCUT2D eigenvalue weighted by Gasteiger charge is 2.25. The van der Waals surface area contributed by atoms with Crippen LogP contribution in [-0.4, -0.2) is 49.3 Å². The fourth-order valence-electron chi connectivity index (χ4n) is 2.92. The number of nitrogens with two attached hydrogens (primary N) is 1. The van der Waals surface area contributed by atoms with Gasteiger partial charge in [-0.05, 0) is 12.8 Å². The third kappa shape index (κ3) is 19.7. The van der Waals surface area contributed by atoms with Gasteiger partial charge in [0.05, 0.1) is 13.2 Å². The molecular weight excluding hydrogens is 437 g/mol. The largest absolute Gasteiger partial charge is 0.472 e. The molecule has 10 heteroatoms. The Morgan fingerprint density at radius 3 is 1.94 bits per heavy atom. The summed E-state index contributed by atoms with van der Waals surface area (Å²) in [6, 6.07) is 0. The lowest BCUT2D eigenvalue weighted by molar-refractivity contribution is -0.161. The van der Waals surface area contributed by atoms with E-state index in [1.54, 1.807) is 0 Å². The van der Waals surface area contributed by atoms with Crippen molar-refractivity contribution in [3.63, 3.8) is 0 Å². The fraction of sp³-hybridized carbons (Fsp3) is 0.909. The van der Waals surface area contributed by atoms with E-state index >= 15 is 0 Å². The van der Waals surface area contributed by atoms with Gasteiger partial charge in [-0.1, -0.05) is 71.6 Å². The van der Waals surface area contributed by atoms with Crippen LogP contribution in [0, 0.1) is 0 Å². The van der Waals surface area contributed by atoms with Gasteiger partial charge < -0.3 is 20.1 Å². The van der Waals surface area contributed by atoms with Crippen LogP contribution in [-0.2, 0) is 32.7 Å². The molecule has 0 aromatic rings. The Kier molecular flexibility index (Phi) is 20.0. The molecule has 32 heavy (non-hydrogen) atoms. The quantitative estimate of drug-likeness (QED) is 0.129. The molecular formula is C22H44NO8P. The normalized spacial score (nSPS) is 14.0. The van der Waals surface area contributed by atoms with Gasteiger partial charge in [-0.3, -0.25) is 18.6 Å². The second kappa shape index (κ2) is 20.6. The van der Waals surface area contributed by atoms with E-state index in [9.17, 15) is 19.0 Å². The first kappa shape index (κ1) is 31.0. The van der Waals surface area contributed by atoms with Crippen LogP contribution in [0.4, 0.5) is 0 Å². The molecule has 0 aliphatic rings. The predicted octanol–water partition coefficient (Wildman–Crippen LogP) is 4.64. The van der Waals surface area contributed by atoms with Crippen LogP contribution in [0.1, 0.15) is 97.3 Å². The first-order valence-corrected chi connectivity index (χ1v) is 13.5. The minimum atomic E-state index is -4.33. The van der Waals surface area contributed by atoms with Gasteiger partial charge in [0.1, 0.15) is 6.61 Å². The van der Waals surface area contributed by atoms with Crippen LogP contribution in [0.5, 0.6) is 0 Å². The van der Waals surface area contributed by atoms with Gasteiger partial charge in [-0.25, -0.2) is 4.57 Å². The maximum Gasteiger partial charge on any atom is 0.472 e. The van der Waals surface area contributed by atoms with Crippen LogP contribution in [0.15, 0.2) is 0 Å².